The second-order valence-corrected chi connectivity index (χ2v) is 6.91. The lowest BCUT2D eigenvalue weighted by Gasteiger charge is -2.30. The van der Waals surface area contributed by atoms with Gasteiger partial charge in [0.1, 0.15) is 0 Å². The lowest BCUT2D eigenvalue weighted by Crippen LogP contribution is -3.13. The summed E-state index contributed by atoms with van der Waals surface area (Å²) in [7, 11) is 4.60. The topological polar surface area (TPSA) is 74.4 Å². The quantitative estimate of drug-likeness (QED) is 0.721. The second-order valence-electron chi connectivity index (χ2n) is 6.91. The van der Waals surface area contributed by atoms with Crippen molar-refractivity contribution in [3.05, 3.63) is 41.9 Å². The van der Waals surface area contributed by atoms with E-state index in [1.54, 1.807) is 18.4 Å². The molecule has 152 valence electrons. The van der Waals surface area contributed by atoms with Gasteiger partial charge in [0.2, 0.25) is 5.75 Å². The number of hydrogen-bond donors (Lipinski definition) is 2. The molecule has 1 amide bonds. The van der Waals surface area contributed by atoms with E-state index in [4.69, 9.17) is 18.6 Å². The van der Waals surface area contributed by atoms with Crippen LogP contribution < -0.4 is 24.4 Å². The van der Waals surface area contributed by atoms with Gasteiger partial charge < -0.3 is 28.8 Å². The largest absolute Gasteiger partial charge is 0.493 e. The summed E-state index contributed by atoms with van der Waals surface area (Å²) < 4.78 is 21.7. The maximum absolute atomic E-state index is 12.8. The Kier molecular flexibility index (Phi) is 6.81. The van der Waals surface area contributed by atoms with Crippen molar-refractivity contribution >= 4 is 5.91 Å². The van der Waals surface area contributed by atoms with Crippen LogP contribution in [0.2, 0.25) is 0 Å². The molecule has 1 aromatic carbocycles. The highest BCUT2D eigenvalue weighted by molar-refractivity contribution is 5.95. The number of likely N-dealkylation sites (tertiary alicyclic amines) is 1. The number of methoxy groups -OCH3 is 3. The summed E-state index contributed by atoms with van der Waals surface area (Å²) in [5, 5.41) is 3.05. The highest BCUT2D eigenvalue weighted by atomic mass is 16.5. The molecule has 7 heteroatoms. The standard InChI is InChI=1S/C21H28N2O5/c1-25-18-12-15(13-19(26-2)20(18)27-3)21(24)22-14-16(17-8-7-11-28-17)23-9-5-4-6-10-23/h7-8,11-13,16H,4-6,9-10,14H2,1-3H3,(H,22,24)/p+1/t16-/m0/s1. The Morgan fingerprint density at radius 2 is 1.79 bits per heavy atom. The van der Waals surface area contributed by atoms with E-state index in [2.05, 4.69) is 5.32 Å². The molecule has 1 atom stereocenters. The first-order valence-electron chi connectivity index (χ1n) is 9.64. The van der Waals surface area contributed by atoms with E-state index in [-0.39, 0.29) is 11.9 Å². The van der Waals surface area contributed by atoms with Gasteiger partial charge in [-0.3, -0.25) is 4.79 Å². The van der Waals surface area contributed by atoms with Gasteiger partial charge in [0.15, 0.2) is 23.3 Å². The van der Waals surface area contributed by atoms with Crippen LogP contribution in [-0.4, -0.2) is 46.9 Å². The second kappa shape index (κ2) is 9.50. The molecule has 0 radical (unpaired) electrons. The molecule has 2 N–H and O–H groups in total. The number of carbonyl (C=O) groups excluding carboxylic acids is 1. The normalized spacial score (nSPS) is 15.7. The first-order chi connectivity index (χ1) is 13.7. The summed E-state index contributed by atoms with van der Waals surface area (Å²) in [6, 6.07) is 7.30. The molecule has 0 unspecified atom stereocenters. The van der Waals surface area contributed by atoms with Gasteiger partial charge in [0, 0.05) is 5.56 Å². The SMILES string of the molecule is COc1cc(C(=O)NC[C@@H](c2ccco2)[NH+]2CCCCC2)cc(OC)c1OC. The molecule has 1 aliphatic heterocycles. The zero-order chi connectivity index (χ0) is 19.9. The predicted octanol–water partition coefficient (Wildman–Crippen LogP) is 1.85. The molecule has 1 fully saturated rings. The summed E-state index contributed by atoms with van der Waals surface area (Å²) in [4.78, 5) is 14.3. The minimum Gasteiger partial charge on any atom is -0.493 e. The molecule has 1 aromatic heterocycles. The van der Waals surface area contributed by atoms with E-state index in [1.807, 2.05) is 12.1 Å². The third kappa shape index (κ3) is 4.42. The molecular weight excluding hydrogens is 360 g/mol. The number of hydrogen-bond acceptors (Lipinski definition) is 5. The van der Waals surface area contributed by atoms with E-state index < -0.39 is 0 Å². The molecule has 0 bridgehead atoms. The molecule has 0 saturated carbocycles. The van der Waals surface area contributed by atoms with Crippen LogP contribution in [0.5, 0.6) is 17.2 Å². The number of nitrogens with one attached hydrogen (secondary N) is 2. The van der Waals surface area contributed by atoms with Crippen LogP contribution in [0.3, 0.4) is 0 Å². The number of benzene rings is 1. The maximum Gasteiger partial charge on any atom is 0.251 e. The summed E-state index contributed by atoms with van der Waals surface area (Å²) >= 11 is 0. The van der Waals surface area contributed by atoms with E-state index >= 15 is 0 Å². The van der Waals surface area contributed by atoms with Crippen molar-refractivity contribution in [1.29, 1.82) is 0 Å². The van der Waals surface area contributed by atoms with Gasteiger partial charge in [-0.1, -0.05) is 0 Å². The average Bonchev–Trinajstić information content (AvgIpc) is 3.27. The molecule has 0 aliphatic carbocycles. The van der Waals surface area contributed by atoms with E-state index in [0.29, 0.717) is 29.4 Å². The predicted molar refractivity (Wildman–Crippen MR) is 104 cm³/mol. The number of piperidine rings is 1. The van der Waals surface area contributed by atoms with Crippen molar-refractivity contribution in [2.75, 3.05) is 41.0 Å². The number of furan rings is 1. The van der Waals surface area contributed by atoms with Gasteiger partial charge in [0.25, 0.3) is 5.91 Å². The maximum atomic E-state index is 12.8. The minimum absolute atomic E-state index is 0.0984. The Morgan fingerprint density at radius 3 is 2.32 bits per heavy atom. The van der Waals surface area contributed by atoms with Gasteiger partial charge in [-0.15, -0.1) is 0 Å². The van der Waals surface area contributed by atoms with Crippen molar-refractivity contribution < 1.29 is 28.3 Å². The molecule has 3 rings (SSSR count). The van der Waals surface area contributed by atoms with E-state index in [0.717, 1.165) is 18.8 Å². The smallest absolute Gasteiger partial charge is 0.251 e. The molecule has 1 aliphatic rings. The van der Waals surface area contributed by atoms with Crippen molar-refractivity contribution in [1.82, 2.24) is 5.32 Å². The Balaban J connectivity index is 1.75. The first-order valence-corrected chi connectivity index (χ1v) is 9.64. The minimum atomic E-state index is -0.188. The van der Waals surface area contributed by atoms with Crippen molar-refractivity contribution in [3.8, 4) is 17.2 Å². The Labute approximate surface area is 165 Å². The summed E-state index contributed by atoms with van der Waals surface area (Å²) in [6.07, 6.45) is 5.36. The van der Waals surface area contributed by atoms with Gasteiger partial charge in [-0.2, -0.15) is 0 Å². The molecule has 0 spiro atoms. The monoisotopic (exact) mass is 389 g/mol. The number of rotatable bonds is 8. The van der Waals surface area contributed by atoms with E-state index in [9.17, 15) is 4.79 Å². The molecule has 1 saturated heterocycles. The Bertz CT molecular complexity index is 744. The first kappa shape index (κ1) is 20.1. The average molecular weight is 389 g/mol. The number of quaternary nitrogens is 1. The lowest BCUT2D eigenvalue weighted by atomic mass is 10.1. The highest BCUT2D eigenvalue weighted by Gasteiger charge is 2.29. The Morgan fingerprint density at radius 1 is 1.11 bits per heavy atom. The van der Waals surface area contributed by atoms with Crippen LogP contribution in [-0.2, 0) is 0 Å². The van der Waals surface area contributed by atoms with Crippen LogP contribution in [0.4, 0.5) is 0 Å². The van der Waals surface area contributed by atoms with Crippen LogP contribution in [0.25, 0.3) is 0 Å². The van der Waals surface area contributed by atoms with Gasteiger partial charge >= 0.3 is 0 Å². The lowest BCUT2D eigenvalue weighted by molar-refractivity contribution is -0.936. The highest BCUT2D eigenvalue weighted by Crippen LogP contribution is 2.38. The van der Waals surface area contributed by atoms with Crippen LogP contribution in [0, 0.1) is 0 Å². The fraction of sp³-hybridized carbons (Fsp3) is 0.476. The Hall–Kier alpha value is -2.67. The van der Waals surface area contributed by atoms with Gasteiger partial charge in [-0.25, -0.2) is 0 Å². The fourth-order valence-corrected chi connectivity index (χ4v) is 3.80. The summed E-state index contributed by atoms with van der Waals surface area (Å²) in [5.41, 5.74) is 0.460. The summed E-state index contributed by atoms with van der Waals surface area (Å²) in [6.45, 7) is 2.68. The van der Waals surface area contributed by atoms with Crippen LogP contribution in [0.15, 0.2) is 34.9 Å². The molecule has 28 heavy (non-hydrogen) atoms. The molecule has 2 heterocycles. The molecule has 2 aromatic rings. The number of carbonyl (C=O) groups is 1. The zero-order valence-corrected chi connectivity index (χ0v) is 16.7. The molecular formula is C21H29N2O5+. The third-order valence-electron chi connectivity index (χ3n) is 5.27. The number of amides is 1. The van der Waals surface area contributed by atoms with Crippen molar-refractivity contribution in [3.63, 3.8) is 0 Å². The molecule has 7 nitrogen and oxygen atoms in total. The fourth-order valence-electron chi connectivity index (χ4n) is 3.80. The summed E-state index contributed by atoms with van der Waals surface area (Å²) in [5.74, 6) is 2.09. The van der Waals surface area contributed by atoms with Crippen LogP contribution in [0.1, 0.15) is 41.4 Å². The number of ether oxygens (including phenoxy) is 3. The van der Waals surface area contributed by atoms with Gasteiger partial charge in [0.05, 0.1) is 47.2 Å². The zero-order valence-electron chi connectivity index (χ0n) is 16.7. The van der Waals surface area contributed by atoms with Crippen molar-refractivity contribution in [2.45, 2.75) is 25.3 Å². The van der Waals surface area contributed by atoms with Gasteiger partial charge in [-0.05, 0) is 43.5 Å². The third-order valence-corrected chi connectivity index (χ3v) is 5.27. The van der Waals surface area contributed by atoms with Crippen molar-refractivity contribution in [2.24, 2.45) is 0 Å². The van der Waals surface area contributed by atoms with E-state index in [1.165, 1.54) is 45.5 Å². The van der Waals surface area contributed by atoms with Crippen LogP contribution >= 0.6 is 0 Å².